The van der Waals surface area contributed by atoms with E-state index >= 15 is 0 Å². The number of nitrogens with zero attached hydrogens (tertiary/aromatic N) is 1. The molecule has 4 aromatic rings. The van der Waals surface area contributed by atoms with Crippen molar-refractivity contribution in [3.8, 4) is 11.1 Å². The summed E-state index contributed by atoms with van der Waals surface area (Å²) in [6, 6.07) is 16.6. The third-order valence-corrected chi connectivity index (χ3v) is 6.48. The first-order valence-electron chi connectivity index (χ1n) is 10.3. The van der Waals surface area contributed by atoms with Crippen molar-refractivity contribution in [2.45, 2.75) is 25.7 Å². The molecule has 0 unspecified atom stereocenters. The Hall–Kier alpha value is -3.45. The van der Waals surface area contributed by atoms with E-state index < -0.39 is 11.1 Å². The van der Waals surface area contributed by atoms with Crippen molar-refractivity contribution >= 4 is 34.4 Å². The van der Waals surface area contributed by atoms with Gasteiger partial charge in [0.05, 0.1) is 11.0 Å². The number of aryl methyl sites for hydroxylation is 3. The highest BCUT2D eigenvalue weighted by Gasteiger charge is 2.11. The van der Waals surface area contributed by atoms with Gasteiger partial charge >= 0.3 is 11.1 Å². The highest BCUT2D eigenvalue weighted by molar-refractivity contribution is 8.00. The molecule has 0 saturated heterocycles. The van der Waals surface area contributed by atoms with E-state index in [-0.39, 0.29) is 0 Å². The highest BCUT2D eigenvalue weighted by atomic mass is 32.2. The van der Waals surface area contributed by atoms with Gasteiger partial charge in [-0.25, -0.2) is 0 Å². The minimum Gasteiger partial charge on any atom is -0.378 e. The lowest BCUT2D eigenvalue weighted by Crippen LogP contribution is -2.28. The summed E-state index contributed by atoms with van der Waals surface area (Å²) in [6.45, 7) is 6.23. The second-order valence-electron chi connectivity index (χ2n) is 8.21. The average molecular weight is 447 g/mol. The number of hydrogen-bond acceptors (Lipinski definition) is 5. The Kier molecular flexibility index (Phi) is 5.84. The Labute approximate surface area is 190 Å². The average Bonchev–Trinajstić information content (AvgIpc) is 2.73. The molecule has 4 rings (SSSR count). The van der Waals surface area contributed by atoms with Crippen molar-refractivity contribution < 1.29 is 0 Å². The van der Waals surface area contributed by atoms with Gasteiger partial charge in [0.1, 0.15) is 0 Å². The molecule has 1 aromatic heterocycles. The predicted octanol–water partition coefficient (Wildman–Crippen LogP) is 4.99. The Morgan fingerprint density at radius 1 is 0.812 bits per heavy atom. The minimum atomic E-state index is -0.648. The van der Waals surface area contributed by atoms with E-state index in [1.165, 1.54) is 39.9 Å². The monoisotopic (exact) mass is 446 g/mol. The number of rotatable bonds is 5. The normalized spacial score (nSPS) is 11.0. The summed E-state index contributed by atoms with van der Waals surface area (Å²) in [7, 11) is 4.09. The van der Waals surface area contributed by atoms with E-state index in [0.29, 0.717) is 11.0 Å². The molecule has 3 N–H and O–H groups in total. The van der Waals surface area contributed by atoms with Crippen LogP contribution in [0.15, 0.2) is 63.0 Å². The van der Waals surface area contributed by atoms with Crippen LogP contribution in [-0.4, -0.2) is 24.1 Å². The molecule has 1 heterocycles. The van der Waals surface area contributed by atoms with Gasteiger partial charge in [0.15, 0.2) is 0 Å². The molecule has 0 aliphatic rings. The highest BCUT2D eigenvalue weighted by Crippen LogP contribution is 2.34. The lowest BCUT2D eigenvalue weighted by Gasteiger charge is -2.17. The summed E-state index contributed by atoms with van der Waals surface area (Å²) in [5.41, 5.74) is 7.95. The Bertz CT molecular complexity index is 1410. The molecule has 0 fully saturated rings. The van der Waals surface area contributed by atoms with Gasteiger partial charge in [-0.15, -0.1) is 0 Å². The van der Waals surface area contributed by atoms with Gasteiger partial charge in [0.25, 0.3) is 0 Å². The van der Waals surface area contributed by atoms with Gasteiger partial charge < -0.3 is 19.6 Å². The fourth-order valence-corrected chi connectivity index (χ4v) is 4.64. The second kappa shape index (κ2) is 8.59. The van der Waals surface area contributed by atoms with Crippen LogP contribution in [0, 0.1) is 20.8 Å². The van der Waals surface area contributed by atoms with Gasteiger partial charge in [0, 0.05) is 30.4 Å². The van der Waals surface area contributed by atoms with Gasteiger partial charge in [-0.1, -0.05) is 12.1 Å². The van der Waals surface area contributed by atoms with Gasteiger partial charge in [-0.05, 0) is 96.9 Å². The van der Waals surface area contributed by atoms with Crippen LogP contribution in [0.3, 0.4) is 0 Å². The first-order valence-corrected chi connectivity index (χ1v) is 11.1. The molecule has 0 atom stereocenters. The van der Waals surface area contributed by atoms with E-state index in [1.54, 1.807) is 0 Å². The standard InChI is InChI=1S/C25H26N4O2S/c1-14-11-20-21(27-25(31)24(30)26-20)13-22(14)32-28-18-9-15(2)23(16(3)10-18)17-7-6-8-19(12-17)29(4)5/h6-13,28H,1-5H3,(H,26,30)(H,27,31). The Morgan fingerprint density at radius 3 is 2.06 bits per heavy atom. The molecular formula is C25H26N4O2S. The van der Waals surface area contributed by atoms with E-state index in [4.69, 9.17) is 0 Å². The van der Waals surface area contributed by atoms with Gasteiger partial charge in [0.2, 0.25) is 0 Å². The van der Waals surface area contributed by atoms with E-state index in [1.807, 2.05) is 33.2 Å². The molecule has 0 saturated carbocycles. The zero-order valence-electron chi connectivity index (χ0n) is 18.8. The summed E-state index contributed by atoms with van der Waals surface area (Å²) >= 11 is 1.48. The fraction of sp³-hybridized carbons (Fsp3) is 0.200. The largest absolute Gasteiger partial charge is 0.378 e. The van der Waals surface area contributed by atoms with Crippen molar-refractivity contribution in [2.75, 3.05) is 23.7 Å². The maximum atomic E-state index is 11.7. The van der Waals surface area contributed by atoms with E-state index in [2.05, 4.69) is 69.8 Å². The quantitative estimate of drug-likeness (QED) is 0.297. The van der Waals surface area contributed by atoms with Crippen LogP contribution in [0.4, 0.5) is 11.4 Å². The van der Waals surface area contributed by atoms with Crippen molar-refractivity contribution in [3.63, 3.8) is 0 Å². The summed E-state index contributed by atoms with van der Waals surface area (Å²) in [5, 5.41) is 0. The van der Waals surface area contributed by atoms with Crippen LogP contribution in [-0.2, 0) is 0 Å². The number of aromatic nitrogens is 2. The van der Waals surface area contributed by atoms with Crippen LogP contribution in [0.5, 0.6) is 0 Å². The topological polar surface area (TPSA) is 81.0 Å². The lowest BCUT2D eigenvalue weighted by atomic mass is 9.95. The molecule has 0 aliphatic carbocycles. The summed E-state index contributed by atoms with van der Waals surface area (Å²) in [4.78, 5) is 31.6. The lowest BCUT2D eigenvalue weighted by molar-refractivity contribution is 1.13. The number of nitrogens with one attached hydrogen (secondary N) is 3. The SMILES string of the molecule is Cc1cc2[nH]c(=O)c(=O)[nH]c2cc1SNc1cc(C)c(-c2cccc(N(C)C)c2)c(C)c1. The van der Waals surface area contributed by atoms with Crippen LogP contribution in [0.2, 0.25) is 0 Å². The molecule has 7 heteroatoms. The maximum Gasteiger partial charge on any atom is 0.314 e. The van der Waals surface area contributed by atoms with Gasteiger partial charge in [-0.2, -0.15) is 0 Å². The first kappa shape index (κ1) is 21.8. The number of H-pyrrole nitrogens is 2. The van der Waals surface area contributed by atoms with Crippen LogP contribution < -0.4 is 20.7 Å². The number of aromatic amines is 2. The molecule has 164 valence electrons. The number of fused-ring (bicyclic) bond motifs is 1. The fourth-order valence-electron chi connectivity index (χ4n) is 3.89. The van der Waals surface area contributed by atoms with Crippen molar-refractivity contribution in [1.29, 1.82) is 0 Å². The number of hydrogen-bond donors (Lipinski definition) is 3. The molecule has 3 aromatic carbocycles. The third kappa shape index (κ3) is 4.29. The van der Waals surface area contributed by atoms with Crippen LogP contribution >= 0.6 is 11.9 Å². The van der Waals surface area contributed by atoms with Crippen molar-refractivity contribution in [3.05, 3.63) is 85.9 Å². The Balaban J connectivity index is 1.62. The second-order valence-corrected chi connectivity index (χ2v) is 9.05. The predicted molar refractivity (Wildman–Crippen MR) is 135 cm³/mol. The van der Waals surface area contributed by atoms with E-state index in [0.717, 1.165) is 16.1 Å². The van der Waals surface area contributed by atoms with Crippen molar-refractivity contribution in [1.82, 2.24) is 9.97 Å². The maximum absolute atomic E-state index is 11.7. The Morgan fingerprint density at radius 2 is 1.44 bits per heavy atom. The third-order valence-electron chi connectivity index (χ3n) is 5.48. The summed E-state index contributed by atoms with van der Waals surface area (Å²) in [6.07, 6.45) is 0. The molecule has 0 spiro atoms. The molecule has 6 nitrogen and oxygen atoms in total. The minimum absolute atomic E-state index is 0.605. The molecule has 0 aliphatic heterocycles. The zero-order chi connectivity index (χ0) is 23.0. The molecule has 0 bridgehead atoms. The smallest absolute Gasteiger partial charge is 0.314 e. The van der Waals surface area contributed by atoms with Crippen molar-refractivity contribution in [2.24, 2.45) is 0 Å². The molecule has 0 amide bonds. The summed E-state index contributed by atoms with van der Waals surface area (Å²) in [5.74, 6) is 0. The van der Waals surface area contributed by atoms with Crippen LogP contribution in [0.1, 0.15) is 16.7 Å². The van der Waals surface area contributed by atoms with E-state index in [9.17, 15) is 9.59 Å². The first-order chi connectivity index (χ1) is 15.2. The van der Waals surface area contributed by atoms with Gasteiger partial charge in [-0.3, -0.25) is 9.59 Å². The molecular weight excluding hydrogens is 420 g/mol. The number of benzene rings is 3. The van der Waals surface area contributed by atoms with Crippen LogP contribution in [0.25, 0.3) is 22.2 Å². The summed E-state index contributed by atoms with van der Waals surface area (Å²) < 4.78 is 3.43. The molecule has 32 heavy (non-hydrogen) atoms. The number of anilines is 2. The molecule has 0 radical (unpaired) electrons. The zero-order valence-corrected chi connectivity index (χ0v) is 19.6.